The molecule has 2 saturated heterocycles. The minimum Gasteiger partial charge on any atom is -0.383 e. The van der Waals surface area contributed by atoms with Gasteiger partial charge in [-0.25, -0.2) is 4.79 Å². The summed E-state index contributed by atoms with van der Waals surface area (Å²) in [4.78, 5) is 31.9. The van der Waals surface area contributed by atoms with Crippen LogP contribution in [0.2, 0.25) is 0 Å². The van der Waals surface area contributed by atoms with Gasteiger partial charge in [-0.05, 0) is 24.5 Å². The third kappa shape index (κ3) is 3.51. The van der Waals surface area contributed by atoms with Crippen molar-refractivity contribution in [3.8, 4) is 0 Å². The Morgan fingerprint density at radius 2 is 2.19 bits per heavy atom. The maximum Gasteiger partial charge on any atom is 0.318 e. The van der Waals surface area contributed by atoms with Crippen molar-refractivity contribution in [2.75, 3.05) is 33.4 Å². The van der Waals surface area contributed by atoms with Crippen LogP contribution >= 0.6 is 0 Å². The van der Waals surface area contributed by atoms with Crippen molar-refractivity contribution in [3.05, 3.63) is 36.0 Å². The molecule has 0 saturated carbocycles. The van der Waals surface area contributed by atoms with Crippen molar-refractivity contribution in [2.45, 2.75) is 31.3 Å². The highest BCUT2D eigenvalue weighted by Gasteiger charge is 2.43. The number of amides is 3. The lowest BCUT2D eigenvalue weighted by Crippen LogP contribution is -2.53. The molecule has 1 aromatic heterocycles. The molecule has 2 atom stereocenters. The summed E-state index contributed by atoms with van der Waals surface area (Å²) in [6, 6.07) is 8.28. The normalized spacial score (nSPS) is 22.2. The molecule has 0 unspecified atom stereocenters. The minimum atomic E-state index is -0.0462. The van der Waals surface area contributed by atoms with Crippen molar-refractivity contribution >= 4 is 22.8 Å². The summed E-state index contributed by atoms with van der Waals surface area (Å²) in [5.74, 6) is 0.156. The van der Waals surface area contributed by atoms with E-state index in [2.05, 4.69) is 16.4 Å². The fourth-order valence-corrected chi connectivity index (χ4v) is 4.27. The second-order valence-electron chi connectivity index (χ2n) is 7.30. The highest BCUT2D eigenvalue weighted by atomic mass is 16.5. The molecule has 3 heterocycles. The van der Waals surface area contributed by atoms with E-state index < -0.39 is 0 Å². The number of benzene rings is 1. The van der Waals surface area contributed by atoms with E-state index in [-0.39, 0.29) is 24.0 Å². The number of ether oxygens (including phenoxy) is 1. The number of aromatic amines is 1. The van der Waals surface area contributed by atoms with Gasteiger partial charge in [0.15, 0.2) is 0 Å². The molecule has 2 aliphatic heterocycles. The largest absolute Gasteiger partial charge is 0.383 e. The van der Waals surface area contributed by atoms with Crippen LogP contribution in [0.4, 0.5) is 4.79 Å². The zero-order chi connectivity index (χ0) is 18.8. The number of aryl methyl sites for hydroxylation is 1. The van der Waals surface area contributed by atoms with Gasteiger partial charge in [0.05, 0.1) is 18.7 Å². The maximum absolute atomic E-state index is 12.7. The highest BCUT2D eigenvalue weighted by molar-refractivity contribution is 5.84. The molecule has 144 valence electrons. The van der Waals surface area contributed by atoms with Gasteiger partial charge in [0.25, 0.3) is 0 Å². The van der Waals surface area contributed by atoms with Crippen LogP contribution in [0.5, 0.6) is 0 Å². The number of carbonyl (C=O) groups is 2. The number of piperidine rings is 1. The Bertz CT molecular complexity index is 833. The number of hydrogen-bond donors (Lipinski definition) is 2. The van der Waals surface area contributed by atoms with Crippen LogP contribution < -0.4 is 5.32 Å². The Balaban J connectivity index is 1.34. The van der Waals surface area contributed by atoms with Gasteiger partial charge in [-0.2, -0.15) is 0 Å². The average molecular weight is 370 g/mol. The Labute approximate surface area is 158 Å². The number of H-pyrrole nitrogens is 1. The van der Waals surface area contributed by atoms with Crippen LogP contribution in [-0.4, -0.2) is 72.2 Å². The van der Waals surface area contributed by atoms with Crippen molar-refractivity contribution in [1.29, 1.82) is 0 Å². The molecule has 2 aliphatic rings. The average Bonchev–Trinajstić information content (AvgIpc) is 3.24. The van der Waals surface area contributed by atoms with Crippen molar-refractivity contribution in [3.63, 3.8) is 0 Å². The van der Waals surface area contributed by atoms with E-state index in [1.165, 1.54) is 10.9 Å². The smallest absolute Gasteiger partial charge is 0.318 e. The van der Waals surface area contributed by atoms with E-state index in [1.807, 2.05) is 34.2 Å². The van der Waals surface area contributed by atoms with Gasteiger partial charge in [0.2, 0.25) is 5.91 Å². The first-order valence-corrected chi connectivity index (χ1v) is 9.56. The zero-order valence-electron chi connectivity index (χ0n) is 15.6. The zero-order valence-corrected chi connectivity index (χ0v) is 15.6. The van der Waals surface area contributed by atoms with E-state index in [4.69, 9.17) is 4.74 Å². The predicted molar refractivity (Wildman–Crippen MR) is 103 cm³/mol. The number of urea groups is 1. The summed E-state index contributed by atoms with van der Waals surface area (Å²) in [5, 5.41) is 4.21. The molecule has 0 aliphatic carbocycles. The summed E-state index contributed by atoms with van der Waals surface area (Å²) in [6.45, 7) is 2.42. The predicted octanol–water partition coefficient (Wildman–Crippen LogP) is 1.74. The van der Waals surface area contributed by atoms with E-state index in [0.717, 1.165) is 18.4 Å². The lowest BCUT2D eigenvalue weighted by atomic mass is 9.99. The molecule has 2 aromatic rings. The second-order valence-corrected chi connectivity index (χ2v) is 7.30. The fraction of sp³-hybridized carbons (Fsp3) is 0.500. The van der Waals surface area contributed by atoms with E-state index in [1.54, 1.807) is 7.11 Å². The van der Waals surface area contributed by atoms with Crippen LogP contribution in [-0.2, 0) is 16.0 Å². The van der Waals surface area contributed by atoms with E-state index in [0.29, 0.717) is 32.7 Å². The summed E-state index contributed by atoms with van der Waals surface area (Å²) >= 11 is 0. The summed E-state index contributed by atoms with van der Waals surface area (Å²) in [7, 11) is 1.64. The minimum absolute atomic E-state index is 0.0140. The van der Waals surface area contributed by atoms with Crippen LogP contribution in [0.1, 0.15) is 18.4 Å². The molecule has 0 bridgehead atoms. The summed E-state index contributed by atoms with van der Waals surface area (Å²) < 4.78 is 5.10. The molecular weight excluding hydrogens is 344 g/mol. The van der Waals surface area contributed by atoms with Gasteiger partial charge < -0.3 is 24.8 Å². The number of carbonyl (C=O) groups excluding carboxylic acids is 2. The van der Waals surface area contributed by atoms with Crippen molar-refractivity contribution in [1.82, 2.24) is 20.1 Å². The van der Waals surface area contributed by atoms with E-state index >= 15 is 0 Å². The standard InChI is InChI=1S/C20H26N4O3/c1-27-11-10-24-18-8-9-23(13-17(18)22-20(24)26)19(25)7-6-14-12-21-16-5-3-2-4-15(14)16/h2-5,12,17-18,21H,6-11,13H2,1H3,(H,22,26)/t17-,18+/m0/s1. The number of para-hydroxylation sites is 1. The SMILES string of the molecule is COCCN1C(=O)N[C@H]2CN(C(=O)CCc3c[nH]c4ccccc34)CC[C@H]21. The molecule has 0 spiro atoms. The third-order valence-electron chi connectivity index (χ3n) is 5.72. The Morgan fingerprint density at radius 3 is 3.04 bits per heavy atom. The Morgan fingerprint density at radius 1 is 1.33 bits per heavy atom. The van der Waals surface area contributed by atoms with Gasteiger partial charge in [-0.15, -0.1) is 0 Å². The molecule has 2 fully saturated rings. The topological polar surface area (TPSA) is 77.7 Å². The fourth-order valence-electron chi connectivity index (χ4n) is 4.27. The lowest BCUT2D eigenvalue weighted by Gasteiger charge is -2.36. The molecular formula is C20H26N4O3. The van der Waals surface area contributed by atoms with Crippen LogP contribution in [0, 0.1) is 0 Å². The van der Waals surface area contributed by atoms with Gasteiger partial charge in [-0.1, -0.05) is 18.2 Å². The number of nitrogens with one attached hydrogen (secondary N) is 2. The Hall–Kier alpha value is -2.54. The maximum atomic E-state index is 12.7. The van der Waals surface area contributed by atoms with Crippen LogP contribution in [0.25, 0.3) is 10.9 Å². The first kappa shape index (κ1) is 17.9. The number of aromatic nitrogens is 1. The third-order valence-corrected chi connectivity index (χ3v) is 5.72. The highest BCUT2D eigenvalue weighted by Crippen LogP contribution is 2.24. The molecule has 2 N–H and O–H groups in total. The number of fused-ring (bicyclic) bond motifs is 2. The number of likely N-dealkylation sites (tertiary alicyclic amines) is 1. The summed E-state index contributed by atoms with van der Waals surface area (Å²) in [5.41, 5.74) is 2.28. The quantitative estimate of drug-likeness (QED) is 0.813. The number of methoxy groups -OCH3 is 1. The van der Waals surface area contributed by atoms with Gasteiger partial charge in [0.1, 0.15) is 0 Å². The molecule has 1 aromatic carbocycles. The molecule has 27 heavy (non-hydrogen) atoms. The monoisotopic (exact) mass is 370 g/mol. The lowest BCUT2D eigenvalue weighted by molar-refractivity contribution is -0.132. The number of nitrogens with zero attached hydrogens (tertiary/aromatic N) is 2. The van der Waals surface area contributed by atoms with Crippen molar-refractivity contribution in [2.24, 2.45) is 0 Å². The number of hydrogen-bond acceptors (Lipinski definition) is 3. The molecule has 7 heteroatoms. The molecule has 3 amide bonds. The first-order valence-electron chi connectivity index (χ1n) is 9.56. The van der Waals surface area contributed by atoms with Crippen LogP contribution in [0.15, 0.2) is 30.5 Å². The second kappa shape index (κ2) is 7.60. The Kier molecular flexibility index (Phi) is 5.03. The van der Waals surface area contributed by atoms with Crippen molar-refractivity contribution < 1.29 is 14.3 Å². The molecule has 7 nitrogen and oxygen atoms in total. The van der Waals surface area contributed by atoms with E-state index in [9.17, 15) is 9.59 Å². The van der Waals surface area contributed by atoms with Gasteiger partial charge in [0, 0.05) is 50.3 Å². The molecule has 0 radical (unpaired) electrons. The van der Waals surface area contributed by atoms with Gasteiger partial charge >= 0.3 is 6.03 Å². The summed E-state index contributed by atoms with van der Waals surface area (Å²) in [6.07, 6.45) is 4.02. The molecule has 4 rings (SSSR count). The van der Waals surface area contributed by atoms with Crippen LogP contribution in [0.3, 0.4) is 0 Å². The first-order chi connectivity index (χ1) is 13.2. The van der Waals surface area contributed by atoms with Gasteiger partial charge in [-0.3, -0.25) is 4.79 Å². The number of rotatable bonds is 6.